The Morgan fingerprint density at radius 2 is 1.77 bits per heavy atom. The maximum absolute atomic E-state index is 11.7. The molecule has 6 atom stereocenters. The van der Waals surface area contributed by atoms with Gasteiger partial charge in [-0.2, -0.15) is 0 Å². The molecule has 0 saturated carbocycles. The van der Waals surface area contributed by atoms with Crippen LogP contribution in [-0.4, -0.2) is 104 Å². The Hall–Kier alpha value is -2.77. The predicted octanol–water partition coefficient (Wildman–Crippen LogP) is -1.96. The van der Waals surface area contributed by atoms with Gasteiger partial charge in [0.1, 0.15) is 36.2 Å². The zero-order chi connectivity index (χ0) is 23.5. The van der Waals surface area contributed by atoms with Crippen molar-refractivity contribution in [2.24, 2.45) is 0 Å². The van der Waals surface area contributed by atoms with Crippen molar-refractivity contribution in [3.63, 3.8) is 0 Å². The number of carbonyl (C=O) groups is 3. The first-order valence-electron chi connectivity index (χ1n) is 9.28. The van der Waals surface area contributed by atoms with Crippen molar-refractivity contribution < 1.29 is 54.5 Å². The molecule has 1 amide bonds. The lowest BCUT2D eigenvalue weighted by molar-refractivity contribution is -0.277. The van der Waals surface area contributed by atoms with E-state index < -0.39 is 67.6 Å². The van der Waals surface area contributed by atoms with Gasteiger partial charge in [0.2, 0.25) is 12.2 Å². The molecule has 1 aliphatic heterocycles. The Kier molecular flexibility index (Phi) is 7.92. The van der Waals surface area contributed by atoms with Crippen LogP contribution < -0.4 is 4.74 Å². The molecule has 1 fully saturated rings. The molecule has 1 aromatic carbocycles. The summed E-state index contributed by atoms with van der Waals surface area (Å²) in [6.45, 7) is 0.460. The van der Waals surface area contributed by atoms with Gasteiger partial charge >= 0.3 is 11.9 Å². The summed E-state index contributed by atoms with van der Waals surface area (Å²) in [7, 11) is 1.25. The van der Waals surface area contributed by atoms with Crippen LogP contribution >= 0.6 is 0 Å². The Bertz CT molecular complexity index is 827. The van der Waals surface area contributed by atoms with Crippen LogP contribution in [0, 0.1) is 0 Å². The van der Waals surface area contributed by atoms with Crippen molar-refractivity contribution in [3.05, 3.63) is 29.3 Å². The summed E-state index contributed by atoms with van der Waals surface area (Å²) in [5.41, 5.74) is -0.391. The molecular formula is C19H25NO11. The van der Waals surface area contributed by atoms with Crippen molar-refractivity contribution >= 4 is 17.8 Å². The second-order valence-electron chi connectivity index (χ2n) is 7.09. The minimum atomic E-state index is -1.76. The zero-order valence-electron chi connectivity index (χ0n) is 16.8. The first-order chi connectivity index (χ1) is 14.5. The van der Waals surface area contributed by atoms with Crippen LogP contribution in [-0.2, 0) is 20.7 Å². The number of amides is 1. The number of rotatable bonds is 8. The number of aliphatic hydroxyl groups excluding tert-OH is 4. The van der Waals surface area contributed by atoms with Gasteiger partial charge in [0.05, 0.1) is 12.2 Å². The number of aliphatic carboxylic acids is 1. The molecule has 1 aliphatic rings. The third kappa shape index (κ3) is 5.29. The van der Waals surface area contributed by atoms with Crippen LogP contribution in [0.4, 0.5) is 0 Å². The van der Waals surface area contributed by atoms with Crippen molar-refractivity contribution in [2.75, 3.05) is 13.7 Å². The van der Waals surface area contributed by atoms with Gasteiger partial charge in [-0.15, -0.1) is 0 Å². The van der Waals surface area contributed by atoms with Gasteiger partial charge in [0.25, 0.3) is 0 Å². The second kappa shape index (κ2) is 10.0. The van der Waals surface area contributed by atoms with Crippen LogP contribution in [0.3, 0.4) is 0 Å². The highest BCUT2D eigenvalue weighted by Crippen LogP contribution is 2.30. The number of hydrogen-bond acceptors (Lipinski definition) is 9. The van der Waals surface area contributed by atoms with Crippen molar-refractivity contribution in [3.8, 4) is 5.75 Å². The van der Waals surface area contributed by atoms with Gasteiger partial charge in [-0.3, -0.25) is 4.79 Å². The number of aromatic carboxylic acids is 1. The smallest absolute Gasteiger partial charge is 0.336 e. The van der Waals surface area contributed by atoms with Gasteiger partial charge < -0.3 is 45.0 Å². The molecule has 0 aromatic heterocycles. The standard InChI is InChI=1S/C19H25NO11/c1-8(22)20(2)11(18(28)29)6-10-9(17(26)27)4-3-5-12(10)30-19-16(25)15(24)14(23)13(7-21)31-19/h3-5,11,13-16,19,21,23-25H,6-7H2,1-2H3,(H,26,27)(H,28,29)/t11-,13+,14+,15-,16+,19-/m0/s1. The highest BCUT2D eigenvalue weighted by Gasteiger charge is 2.45. The van der Waals surface area contributed by atoms with Crippen molar-refractivity contribution in [1.82, 2.24) is 4.90 Å². The number of benzene rings is 1. The number of aliphatic hydroxyl groups is 4. The summed E-state index contributed by atoms with van der Waals surface area (Å²) in [6, 6.07) is 2.41. The molecule has 0 aliphatic carbocycles. The highest BCUT2D eigenvalue weighted by molar-refractivity contribution is 5.91. The van der Waals surface area contributed by atoms with E-state index >= 15 is 0 Å². The van der Waals surface area contributed by atoms with Crippen molar-refractivity contribution in [1.29, 1.82) is 0 Å². The molecule has 1 aromatic rings. The summed E-state index contributed by atoms with van der Waals surface area (Å²) in [6.07, 6.45) is -8.41. The third-order valence-corrected chi connectivity index (χ3v) is 5.10. The molecule has 6 N–H and O–H groups in total. The van der Waals surface area contributed by atoms with E-state index in [9.17, 15) is 45.0 Å². The molecule has 12 nitrogen and oxygen atoms in total. The van der Waals surface area contributed by atoms with E-state index in [2.05, 4.69) is 0 Å². The summed E-state index contributed by atoms with van der Waals surface area (Å²) >= 11 is 0. The minimum absolute atomic E-state index is 0.0903. The molecule has 0 radical (unpaired) electrons. The van der Waals surface area contributed by atoms with E-state index in [-0.39, 0.29) is 16.9 Å². The quantitative estimate of drug-likeness (QED) is 0.261. The molecule has 0 bridgehead atoms. The first kappa shape index (κ1) is 24.5. The van der Waals surface area contributed by atoms with Crippen LogP contribution in [0.2, 0.25) is 0 Å². The monoisotopic (exact) mass is 443 g/mol. The number of carboxylic acids is 2. The van der Waals surface area contributed by atoms with Crippen LogP contribution in [0.15, 0.2) is 18.2 Å². The molecule has 1 heterocycles. The van der Waals surface area contributed by atoms with Gasteiger partial charge in [-0.25, -0.2) is 9.59 Å². The van der Waals surface area contributed by atoms with E-state index in [0.29, 0.717) is 0 Å². The fourth-order valence-corrected chi connectivity index (χ4v) is 3.18. The number of hydrogen-bond donors (Lipinski definition) is 6. The molecule has 1 saturated heterocycles. The summed E-state index contributed by atoms with van der Waals surface area (Å²) < 4.78 is 10.8. The Balaban J connectivity index is 2.44. The Morgan fingerprint density at radius 3 is 2.29 bits per heavy atom. The molecule has 2 rings (SSSR count). The van der Waals surface area contributed by atoms with Gasteiger partial charge in [-0.05, 0) is 12.1 Å². The zero-order valence-corrected chi connectivity index (χ0v) is 16.8. The minimum Gasteiger partial charge on any atom is -0.480 e. The predicted molar refractivity (Wildman–Crippen MR) is 101 cm³/mol. The van der Waals surface area contributed by atoms with E-state index in [1.165, 1.54) is 25.2 Å². The molecule has 12 heteroatoms. The SMILES string of the molecule is CC(=O)N(C)[C@@H](Cc1c(O[C@H]2O[C@H](CO)[C@@H](O)[C@H](O)[C@H]2O)cccc1C(=O)O)C(=O)O. The molecule has 0 spiro atoms. The average molecular weight is 443 g/mol. The molecule has 31 heavy (non-hydrogen) atoms. The van der Waals surface area contributed by atoms with E-state index in [0.717, 1.165) is 11.8 Å². The molecular weight excluding hydrogens is 418 g/mol. The highest BCUT2D eigenvalue weighted by atomic mass is 16.7. The number of ether oxygens (including phenoxy) is 2. The maximum Gasteiger partial charge on any atom is 0.336 e. The van der Waals surface area contributed by atoms with Crippen LogP contribution in [0.1, 0.15) is 22.8 Å². The second-order valence-corrected chi connectivity index (χ2v) is 7.09. The lowest BCUT2D eigenvalue weighted by atomic mass is 9.97. The Morgan fingerprint density at radius 1 is 1.13 bits per heavy atom. The Labute approximate surface area is 176 Å². The van der Waals surface area contributed by atoms with Crippen molar-refractivity contribution in [2.45, 2.75) is 50.1 Å². The number of nitrogens with zero attached hydrogens (tertiary/aromatic N) is 1. The lowest BCUT2D eigenvalue weighted by Gasteiger charge is -2.39. The molecule has 0 unspecified atom stereocenters. The van der Waals surface area contributed by atoms with Crippen LogP contribution in [0.5, 0.6) is 5.75 Å². The number of likely N-dealkylation sites (N-methyl/N-ethyl adjacent to an activating group) is 1. The number of carboxylic acid groups (broad SMARTS) is 2. The largest absolute Gasteiger partial charge is 0.480 e. The van der Waals surface area contributed by atoms with Gasteiger partial charge in [-0.1, -0.05) is 6.07 Å². The summed E-state index contributed by atoms with van der Waals surface area (Å²) in [5, 5.41) is 58.3. The van der Waals surface area contributed by atoms with Gasteiger partial charge in [0, 0.05) is 26.0 Å². The third-order valence-electron chi connectivity index (χ3n) is 5.10. The summed E-state index contributed by atoms with van der Waals surface area (Å²) in [5.74, 6) is -3.50. The fraction of sp³-hybridized carbons (Fsp3) is 0.526. The average Bonchev–Trinajstić information content (AvgIpc) is 2.71. The normalized spacial score (nSPS) is 26.7. The molecule has 172 valence electrons. The first-order valence-corrected chi connectivity index (χ1v) is 9.28. The number of carbonyl (C=O) groups excluding carboxylic acids is 1. The van der Waals surface area contributed by atoms with E-state index in [4.69, 9.17) is 9.47 Å². The maximum atomic E-state index is 11.7. The lowest BCUT2D eigenvalue weighted by Crippen LogP contribution is -2.60. The van der Waals surface area contributed by atoms with Crippen LogP contribution in [0.25, 0.3) is 0 Å². The van der Waals surface area contributed by atoms with E-state index in [1.807, 2.05) is 0 Å². The topological polar surface area (TPSA) is 194 Å². The van der Waals surface area contributed by atoms with E-state index in [1.54, 1.807) is 0 Å². The van der Waals surface area contributed by atoms with Gasteiger partial charge in [0.15, 0.2) is 0 Å². The summed E-state index contributed by atoms with van der Waals surface area (Å²) in [4.78, 5) is 36.0. The fourth-order valence-electron chi connectivity index (χ4n) is 3.18.